The molecule has 2 aromatic carbocycles. The van der Waals surface area contributed by atoms with Gasteiger partial charge >= 0.3 is 6.09 Å². The zero-order valence-electron chi connectivity index (χ0n) is 19.5. The smallest absolute Gasteiger partial charge is 0.410 e. The number of benzene rings is 2. The van der Waals surface area contributed by atoms with E-state index in [1.807, 2.05) is 18.2 Å². The Morgan fingerprint density at radius 2 is 1.82 bits per heavy atom. The molecule has 2 fully saturated rings. The van der Waals surface area contributed by atoms with E-state index >= 15 is 4.39 Å². The first kappa shape index (κ1) is 23.2. The fourth-order valence-electron chi connectivity index (χ4n) is 5.05. The Balaban J connectivity index is 1.50. The molecule has 9 heteroatoms. The van der Waals surface area contributed by atoms with E-state index in [1.165, 1.54) is 17.0 Å². The largest absolute Gasteiger partial charge is 0.444 e. The van der Waals surface area contributed by atoms with Gasteiger partial charge in [0.15, 0.2) is 0 Å². The normalized spacial score (nSPS) is 19.7. The molecule has 2 amide bonds. The van der Waals surface area contributed by atoms with Gasteiger partial charge in [0.05, 0.1) is 28.5 Å². The lowest BCUT2D eigenvalue weighted by Gasteiger charge is -2.51. The van der Waals surface area contributed by atoms with Crippen LogP contribution in [0.5, 0.6) is 0 Å². The van der Waals surface area contributed by atoms with Crippen molar-refractivity contribution in [2.45, 2.75) is 50.2 Å². The summed E-state index contributed by atoms with van der Waals surface area (Å²) in [5.74, 6) is -0.408. The average molecular weight is 506 g/mol. The number of nitrogens with zero attached hydrogens (tertiary/aromatic N) is 2. The molecule has 0 atom stereocenters. The number of likely N-dealkylation sites (tertiary alicyclic amines) is 1. The topological polar surface area (TPSA) is 61.9 Å². The van der Waals surface area contributed by atoms with Crippen molar-refractivity contribution >= 4 is 46.6 Å². The van der Waals surface area contributed by atoms with Gasteiger partial charge in [0.2, 0.25) is 5.91 Å². The highest BCUT2D eigenvalue weighted by Gasteiger charge is 2.58. The third-order valence-electron chi connectivity index (χ3n) is 6.82. The molecule has 6 nitrogen and oxygen atoms in total. The summed E-state index contributed by atoms with van der Waals surface area (Å²) in [4.78, 5) is 28.6. The van der Waals surface area contributed by atoms with Crippen LogP contribution in [0.1, 0.15) is 44.7 Å². The van der Waals surface area contributed by atoms with E-state index in [0.29, 0.717) is 5.69 Å². The van der Waals surface area contributed by atoms with Gasteiger partial charge in [-0.2, -0.15) is 0 Å². The van der Waals surface area contributed by atoms with Crippen LogP contribution in [0, 0.1) is 5.82 Å². The van der Waals surface area contributed by atoms with Crippen molar-refractivity contribution in [1.82, 2.24) is 4.90 Å². The van der Waals surface area contributed by atoms with Crippen LogP contribution in [0.15, 0.2) is 30.3 Å². The van der Waals surface area contributed by atoms with Crippen molar-refractivity contribution in [1.29, 1.82) is 0 Å². The number of rotatable bonds is 3. The minimum Gasteiger partial charge on any atom is -0.444 e. The maximum Gasteiger partial charge on any atom is 0.410 e. The van der Waals surface area contributed by atoms with Gasteiger partial charge in [-0.25, -0.2) is 9.18 Å². The second kappa shape index (κ2) is 7.49. The number of fused-ring (bicyclic) bond motifs is 2. The monoisotopic (exact) mass is 505 g/mol. The summed E-state index contributed by atoms with van der Waals surface area (Å²) >= 11 is 12.7. The molecule has 180 valence electrons. The van der Waals surface area contributed by atoms with E-state index in [1.54, 1.807) is 32.7 Å². The summed E-state index contributed by atoms with van der Waals surface area (Å²) in [6, 6.07) is 8.43. The summed E-state index contributed by atoms with van der Waals surface area (Å²) in [5.41, 5.74) is 0.694. The van der Waals surface area contributed by atoms with Crippen LogP contribution < -0.4 is 10.2 Å². The van der Waals surface area contributed by atoms with E-state index in [-0.39, 0.29) is 40.0 Å². The molecule has 1 spiro atoms. The Morgan fingerprint density at radius 3 is 2.44 bits per heavy atom. The minimum absolute atomic E-state index is 0.100. The predicted molar refractivity (Wildman–Crippen MR) is 130 cm³/mol. The van der Waals surface area contributed by atoms with Crippen molar-refractivity contribution in [2.75, 3.05) is 30.4 Å². The number of anilines is 2. The first-order valence-corrected chi connectivity index (χ1v) is 12.0. The van der Waals surface area contributed by atoms with Gasteiger partial charge in [0.1, 0.15) is 17.0 Å². The molecular formula is C25H26Cl2FN3O3. The van der Waals surface area contributed by atoms with Crippen LogP contribution in [0.25, 0.3) is 0 Å². The molecule has 0 bridgehead atoms. The average Bonchev–Trinajstić information content (AvgIpc) is 3.50. The molecule has 1 saturated carbocycles. The van der Waals surface area contributed by atoms with Crippen molar-refractivity contribution in [3.63, 3.8) is 0 Å². The van der Waals surface area contributed by atoms with Gasteiger partial charge in [0.25, 0.3) is 0 Å². The number of amides is 2. The maximum absolute atomic E-state index is 15.1. The quantitative estimate of drug-likeness (QED) is 0.543. The van der Waals surface area contributed by atoms with Crippen LogP contribution >= 0.6 is 23.2 Å². The molecule has 0 aromatic heterocycles. The van der Waals surface area contributed by atoms with E-state index in [0.717, 1.165) is 24.1 Å². The number of halogens is 3. The summed E-state index contributed by atoms with van der Waals surface area (Å²) in [7, 11) is 1.77. The first-order chi connectivity index (χ1) is 15.9. The highest BCUT2D eigenvalue weighted by Crippen LogP contribution is 2.57. The van der Waals surface area contributed by atoms with Gasteiger partial charge < -0.3 is 19.9 Å². The number of carbonyl (C=O) groups is 2. The summed E-state index contributed by atoms with van der Waals surface area (Å²) in [5, 5.41) is 3.73. The fraction of sp³-hybridized carbons (Fsp3) is 0.440. The number of carbonyl (C=O) groups excluding carboxylic acids is 2. The van der Waals surface area contributed by atoms with Crippen LogP contribution in [0.3, 0.4) is 0 Å². The van der Waals surface area contributed by atoms with Gasteiger partial charge in [-0.3, -0.25) is 4.79 Å². The summed E-state index contributed by atoms with van der Waals surface area (Å²) in [6.45, 7) is 5.64. The van der Waals surface area contributed by atoms with Gasteiger partial charge in [-0.1, -0.05) is 29.3 Å². The molecule has 0 unspecified atom stereocenters. The fourth-order valence-corrected chi connectivity index (χ4v) is 5.54. The predicted octanol–water partition coefficient (Wildman–Crippen LogP) is 5.70. The molecule has 5 rings (SSSR count). The molecule has 34 heavy (non-hydrogen) atoms. The molecule has 1 aliphatic carbocycles. The number of nitrogens with one attached hydrogen (secondary N) is 1. The van der Waals surface area contributed by atoms with Crippen molar-refractivity contribution < 1.29 is 18.7 Å². The third-order valence-corrected chi connectivity index (χ3v) is 7.62. The molecule has 1 saturated heterocycles. The Bertz CT molecular complexity index is 1220. The summed E-state index contributed by atoms with van der Waals surface area (Å²) in [6.07, 6.45) is 1.22. The van der Waals surface area contributed by atoms with E-state index in [2.05, 4.69) is 5.32 Å². The number of ether oxygens (including phenoxy) is 1. The van der Waals surface area contributed by atoms with Crippen LogP contribution in [0.2, 0.25) is 10.0 Å². The minimum atomic E-state index is -1.02. The lowest BCUT2D eigenvalue weighted by molar-refractivity contribution is -0.119. The number of likely N-dealkylation sites (N-methyl/N-ethyl adjacent to an activating group) is 1. The van der Waals surface area contributed by atoms with Crippen LogP contribution in [-0.2, 0) is 20.5 Å². The molecule has 3 aliphatic rings. The van der Waals surface area contributed by atoms with E-state index < -0.39 is 23.1 Å². The van der Waals surface area contributed by atoms with E-state index in [9.17, 15) is 9.59 Å². The molecule has 0 radical (unpaired) electrons. The van der Waals surface area contributed by atoms with Crippen molar-refractivity contribution in [3.05, 3.63) is 57.3 Å². The molecule has 2 aliphatic heterocycles. The van der Waals surface area contributed by atoms with E-state index in [4.69, 9.17) is 27.9 Å². The first-order valence-electron chi connectivity index (χ1n) is 11.2. The van der Waals surface area contributed by atoms with Gasteiger partial charge in [0, 0.05) is 24.0 Å². The zero-order valence-corrected chi connectivity index (χ0v) is 21.0. The molecule has 2 heterocycles. The second-order valence-electron chi connectivity index (χ2n) is 10.4. The Kier molecular flexibility index (Phi) is 5.12. The standard InChI is InChI=1S/C25H26Cl2FN3O3/c1-23(2,3)34-22(33)31-12-25(13-31,19-17(28)8-7-16(26)20(19)27)29-14-5-6-15-18(11-14)30(4)21(32)24(15)9-10-24/h5-8,11,29H,9-10,12-13H2,1-4H3. The Hall–Kier alpha value is -2.51. The molecule has 1 N–H and O–H groups in total. The highest BCUT2D eigenvalue weighted by molar-refractivity contribution is 6.42. The Morgan fingerprint density at radius 1 is 1.15 bits per heavy atom. The lowest BCUT2D eigenvalue weighted by atomic mass is 9.81. The molecule has 2 aromatic rings. The number of hydrogen-bond acceptors (Lipinski definition) is 4. The van der Waals surface area contributed by atoms with Crippen LogP contribution in [0.4, 0.5) is 20.6 Å². The van der Waals surface area contributed by atoms with Crippen LogP contribution in [-0.4, -0.2) is 42.6 Å². The van der Waals surface area contributed by atoms with Gasteiger partial charge in [-0.15, -0.1) is 0 Å². The second-order valence-corrected chi connectivity index (χ2v) is 11.2. The lowest BCUT2D eigenvalue weighted by Crippen LogP contribution is -2.66. The van der Waals surface area contributed by atoms with Crippen molar-refractivity contribution in [2.24, 2.45) is 0 Å². The zero-order chi connectivity index (χ0) is 24.6. The SMILES string of the molecule is CN1C(=O)C2(CC2)c2ccc(NC3(c4c(F)ccc(Cl)c4Cl)CN(C(=O)OC(C)(C)C)C3)cc21. The Labute approximate surface area is 207 Å². The van der Waals surface area contributed by atoms with Crippen molar-refractivity contribution in [3.8, 4) is 0 Å². The highest BCUT2D eigenvalue weighted by atomic mass is 35.5. The number of hydrogen-bond donors (Lipinski definition) is 1. The maximum atomic E-state index is 15.1. The van der Waals surface area contributed by atoms with Gasteiger partial charge in [-0.05, 0) is 63.4 Å². The molecular weight excluding hydrogens is 480 g/mol. The third kappa shape index (κ3) is 3.52. The summed E-state index contributed by atoms with van der Waals surface area (Å²) < 4.78 is 20.6.